The van der Waals surface area contributed by atoms with E-state index in [1.807, 2.05) is 6.07 Å². The van der Waals surface area contributed by atoms with Crippen LogP contribution < -0.4 is 5.32 Å². The van der Waals surface area contributed by atoms with Crippen molar-refractivity contribution in [2.24, 2.45) is 0 Å². The van der Waals surface area contributed by atoms with Crippen LogP contribution in [0.4, 0.5) is 5.82 Å². The lowest BCUT2D eigenvalue weighted by atomic mass is 10.2. The van der Waals surface area contributed by atoms with Gasteiger partial charge in [0.2, 0.25) is 10.0 Å². The molecule has 2 aliphatic heterocycles. The van der Waals surface area contributed by atoms with Crippen LogP contribution in [0.5, 0.6) is 0 Å². The summed E-state index contributed by atoms with van der Waals surface area (Å²) in [5.41, 5.74) is 1.33. The SMILES string of the molecule is O=S(=O)(c1ccc(NC2CCN(Cc3ccccc3)C2)nc1)N1CCCC1. The molecule has 1 unspecified atom stereocenters. The van der Waals surface area contributed by atoms with Crippen LogP contribution in [0.2, 0.25) is 0 Å². The molecule has 0 bridgehead atoms. The second-order valence-electron chi connectivity index (χ2n) is 7.34. The molecule has 2 saturated heterocycles. The Balaban J connectivity index is 1.34. The first-order chi connectivity index (χ1) is 13.1. The minimum atomic E-state index is -3.39. The summed E-state index contributed by atoms with van der Waals surface area (Å²) in [5, 5.41) is 3.44. The maximum atomic E-state index is 12.6. The van der Waals surface area contributed by atoms with Crippen molar-refractivity contribution in [1.29, 1.82) is 0 Å². The third-order valence-corrected chi connectivity index (χ3v) is 7.19. The highest BCUT2D eigenvalue weighted by molar-refractivity contribution is 7.89. The minimum absolute atomic E-state index is 0.284. The molecule has 0 aliphatic carbocycles. The fourth-order valence-electron chi connectivity index (χ4n) is 3.84. The standard InChI is InChI=1S/C20H26N4O2S/c25-27(26,24-11-4-5-12-24)19-8-9-20(21-14-19)22-18-10-13-23(16-18)15-17-6-2-1-3-7-17/h1-3,6-9,14,18H,4-5,10-13,15-16H2,(H,21,22). The largest absolute Gasteiger partial charge is 0.366 e. The molecule has 1 aromatic carbocycles. The van der Waals surface area contributed by atoms with Gasteiger partial charge in [-0.2, -0.15) is 4.31 Å². The first-order valence-corrected chi connectivity index (χ1v) is 11.0. The van der Waals surface area contributed by atoms with Gasteiger partial charge in [0, 0.05) is 45.0 Å². The molecule has 3 heterocycles. The number of nitrogens with one attached hydrogen (secondary N) is 1. The summed E-state index contributed by atoms with van der Waals surface area (Å²) in [6.07, 6.45) is 4.41. The average Bonchev–Trinajstić information content (AvgIpc) is 3.36. The van der Waals surface area contributed by atoms with Gasteiger partial charge in [-0.1, -0.05) is 30.3 Å². The normalized spacial score (nSPS) is 21.6. The van der Waals surface area contributed by atoms with E-state index in [1.54, 1.807) is 16.4 Å². The molecule has 2 aromatic rings. The van der Waals surface area contributed by atoms with Gasteiger partial charge in [0.25, 0.3) is 0 Å². The Hall–Kier alpha value is -1.96. The number of pyridine rings is 1. The number of benzene rings is 1. The molecule has 4 rings (SSSR count). The molecule has 0 spiro atoms. The summed E-state index contributed by atoms with van der Waals surface area (Å²) in [4.78, 5) is 7.07. The van der Waals surface area contributed by atoms with Crippen molar-refractivity contribution in [3.63, 3.8) is 0 Å². The van der Waals surface area contributed by atoms with Crippen LogP contribution in [-0.2, 0) is 16.6 Å². The molecule has 2 aliphatic rings. The minimum Gasteiger partial charge on any atom is -0.366 e. The molecule has 7 heteroatoms. The molecule has 1 N–H and O–H groups in total. The van der Waals surface area contributed by atoms with E-state index < -0.39 is 10.0 Å². The maximum Gasteiger partial charge on any atom is 0.244 e. The van der Waals surface area contributed by atoms with Crippen LogP contribution in [0.25, 0.3) is 0 Å². The number of hydrogen-bond donors (Lipinski definition) is 1. The van der Waals surface area contributed by atoms with Crippen molar-refractivity contribution in [3.05, 3.63) is 54.2 Å². The summed E-state index contributed by atoms with van der Waals surface area (Å²) in [6, 6.07) is 14.3. The zero-order valence-corrected chi connectivity index (χ0v) is 16.2. The van der Waals surface area contributed by atoms with E-state index in [0.717, 1.165) is 44.7 Å². The molecule has 0 radical (unpaired) electrons. The first-order valence-electron chi connectivity index (χ1n) is 9.60. The maximum absolute atomic E-state index is 12.6. The van der Waals surface area contributed by atoms with Gasteiger partial charge in [0.05, 0.1) is 0 Å². The van der Waals surface area contributed by atoms with Gasteiger partial charge in [0.1, 0.15) is 10.7 Å². The Morgan fingerprint density at radius 1 is 1.04 bits per heavy atom. The molecule has 0 amide bonds. The van der Waals surface area contributed by atoms with Gasteiger partial charge in [0.15, 0.2) is 0 Å². The summed E-state index contributed by atoms with van der Waals surface area (Å²) >= 11 is 0. The topological polar surface area (TPSA) is 65.5 Å². The van der Waals surface area contributed by atoms with Crippen molar-refractivity contribution in [1.82, 2.24) is 14.2 Å². The van der Waals surface area contributed by atoms with E-state index in [2.05, 4.69) is 39.5 Å². The van der Waals surface area contributed by atoms with Gasteiger partial charge in [-0.25, -0.2) is 13.4 Å². The molecule has 27 heavy (non-hydrogen) atoms. The van der Waals surface area contributed by atoms with Crippen molar-refractivity contribution in [2.45, 2.75) is 36.7 Å². The fourth-order valence-corrected chi connectivity index (χ4v) is 5.30. The summed E-state index contributed by atoms with van der Waals surface area (Å²) in [7, 11) is -3.39. The summed E-state index contributed by atoms with van der Waals surface area (Å²) < 4.78 is 26.7. The Morgan fingerprint density at radius 2 is 1.81 bits per heavy atom. The second-order valence-corrected chi connectivity index (χ2v) is 9.28. The van der Waals surface area contributed by atoms with Crippen molar-refractivity contribution >= 4 is 15.8 Å². The third kappa shape index (κ3) is 4.31. The first kappa shape index (κ1) is 18.4. The quantitative estimate of drug-likeness (QED) is 0.827. The number of sulfonamides is 1. The third-order valence-electron chi connectivity index (χ3n) is 5.31. The average molecular weight is 387 g/mol. The van der Waals surface area contributed by atoms with Crippen LogP contribution in [0.1, 0.15) is 24.8 Å². The lowest BCUT2D eigenvalue weighted by Gasteiger charge is -2.18. The summed E-state index contributed by atoms with van der Waals surface area (Å²) in [5.74, 6) is 0.738. The lowest BCUT2D eigenvalue weighted by molar-refractivity contribution is 0.328. The Kier molecular flexibility index (Phi) is 5.43. The highest BCUT2D eigenvalue weighted by Crippen LogP contribution is 2.22. The van der Waals surface area contributed by atoms with Crippen molar-refractivity contribution in [2.75, 3.05) is 31.5 Å². The molecule has 6 nitrogen and oxygen atoms in total. The molecule has 1 atom stereocenters. The van der Waals surface area contributed by atoms with Crippen molar-refractivity contribution < 1.29 is 8.42 Å². The lowest BCUT2D eigenvalue weighted by Crippen LogP contribution is -2.28. The Labute approximate surface area is 161 Å². The number of anilines is 1. The molecule has 1 aromatic heterocycles. The molecular formula is C20H26N4O2S. The van der Waals surface area contributed by atoms with Gasteiger partial charge in [-0.05, 0) is 37.0 Å². The van der Waals surface area contributed by atoms with E-state index in [0.29, 0.717) is 19.1 Å². The highest BCUT2D eigenvalue weighted by Gasteiger charge is 2.27. The van der Waals surface area contributed by atoms with Gasteiger partial charge in [-0.15, -0.1) is 0 Å². The van der Waals surface area contributed by atoms with Gasteiger partial charge < -0.3 is 5.32 Å². The van der Waals surface area contributed by atoms with Crippen LogP contribution in [0.15, 0.2) is 53.6 Å². The molecule has 144 valence electrons. The van der Waals surface area contributed by atoms with Crippen molar-refractivity contribution in [3.8, 4) is 0 Å². The fraction of sp³-hybridized carbons (Fsp3) is 0.450. The second kappa shape index (κ2) is 7.96. The van der Waals surface area contributed by atoms with Crippen LogP contribution >= 0.6 is 0 Å². The zero-order valence-electron chi connectivity index (χ0n) is 15.4. The Bertz CT molecular complexity index is 849. The molecular weight excluding hydrogens is 360 g/mol. The number of aromatic nitrogens is 1. The van der Waals surface area contributed by atoms with E-state index >= 15 is 0 Å². The van der Waals surface area contributed by atoms with E-state index in [1.165, 1.54) is 11.8 Å². The van der Waals surface area contributed by atoms with Crippen LogP contribution in [0, 0.1) is 0 Å². The highest BCUT2D eigenvalue weighted by atomic mass is 32.2. The smallest absolute Gasteiger partial charge is 0.244 e. The van der Waals surface area contributed by atoms with Gasteiger partial charge >= 0.3 is 0 Å². The number of likely N-dealkylation sites (tertiary alicyclic amines) is 1. The van der Waals surface area contributed by atoms with Gasteiger partial charge in [-0.3, -0.25) is 4.90 Å². The predicted molar refractivity (Wildman–Crippen MR) is 106 cm³/mol. The van der Waals surface area contributed by atoms with Crippen LogP contribution in [0.3, 0.4) is 0 Å². The summed E-state index contributed by atoms with van der Waals surface area (Å²) in [6.45, 7) is 4.20. The number of hydrogen-bond acceptors (Lipinski definition) is 5. The van der Waals surface area contributed by atoms with E-state index in [9.17, 15) is 8.42 Å². The number of nitrogens with zero attached hydrogens (tertiary/aromatic N) is 3. The van der Waals surface area contributed by atoms with E-state index in [4.69, 9.17) is 0 Å². The number of rotatable bonds is 6. The van der Waals surface area contributed by atoms with Crippen LogP contribution in [-0.4, -0.2) is 54.8 Å². The van der Waals surface area contributed by atoms with E-state index in [-0.39, 0.29) is 4.90 Å². The predicted octanol–water partition coefficient (Wildman–Crippen LogP) is 2.55. The Morgan fingerprint density at radius 3 is 2.52 bits per heavy atom. The zero-order chi connectivity index (χ0) is 18.7. The molecule has 2 fully saturated rings. The monoisotopic (exact) mass is 386 g/mol. The molecule has 0 saturated carbocycles.